The van der Waals surface area contributed by atoms with E-state index in [0.717, 1.165) is 12.8 Å². The van der Waals surface area contributed by atoms with Gasteiger partial charge in [0, 0.05) is 0 Å². The molecule has 0 aliphatic heterocycles. The minimum absolute atomic E-state index is 0.358. The summed E-state index contributed by atoms with van der Waals surface area (Å²) in [5.74, 6) is 0. The lowest BCUT2D eigenvalue weighted by atomic mass is 10.0. The van der Waals surface area contributed by atoms with Gasteiger partial charge in [-0.3, -0.25) is 4.52 Å². The molecule has 0 aromatic carbocycles. The van der Waals surface area contributed by atoms with E-state index in [0.29, 0.717) is 6.61 Å². The van der Waals surface area contributed by atoms with Gasteiger partial charge in [0.05, 0.1) is 6.61 Å². The third kappa shape index (κ3) is 19.9. The maximum atomic E-state index is 10.2. The van der Waals surface area contributed by atoms with E-state index in [4.69, 9.17) is 0 Å². The third-order valence-electron chi connectivity index (χ3n) is 4.19. The van der Waals surface area contributed by atoms with Crippen LogP contribution >= 0.6 is 7.91 Å². The van der Waals surface area contributed by atoms with Crippen molar-refractivity contribution in [1.29, 1.82) is 0 Å². The van der Waals surface area contributed by atoms with Crippen molar-refractivity contribution in [3.8, 4) is 0 Å². The van der Waals surface area contributed by atoms with Gasteiger partial charge in [0.25, 0.3) is 0 Å². The predicted molar refractivity (Wildman–Crippen MR) is 93.8 cm³/mol. The standard InChI is InChI=1S/C18H37O3P/c1-2-3-4-5-6-7-8-9-10-11-12-13-14-15-16-17-18-21-22(19)20/h2-18H2,1H3. The first-order chi connectivity index (χ1) is 10.8. The smallest absolute Gasteiger partial charge is 0.271 e. The molecule has 0 bridgehead atoms. The van der Waals surface area contributed by atoms with Gasteiger partial charge in [-0.05, 0) is 6.42 Å². The van der Waals surface area contributed by atoms with Gasteiger partial charge in [-0.25, -0.2) is 9.13 Å². The van der Waals surface area contributed by atoms with Crippen molar-refractivity contribution in [2.45, 2.75) is 110 Å². The lowest BCUT2D eigenvalue weighted by Crippen LogP contribution is -1.86. The van der Waals surface area contributed by atoms with E-state index in [1.54, 1.807) is 0 Å². The molecule has 0 aromatic rings. The molecule has 0 aromatic heterocycles. The summed E-state index contributed by atoms with van der Waals surface area (Å²) >= 11 is 0. The van der Waals surface area contributed by atoms with E-state index in [1.165, 1.54) is 89.9 Å². The number of hydrogen-bond acceptors (Lipinski definition) is 3. The topological polar surface area (TPSA) is 43.4 Å². The van der Waals surface area contributed by atoms with Gasteiger partial charge >= 0.3 is 7.91 Å². The van der Waals surface area contributed by atoms with Crippen LogP contribution in [0.25, 0.3) is 0 Å². The molecule has 3 nitrogen and oxygen atoms in total. The second-order valence-electron chi connectivity index (χ2n) is 6.36. The summed E-state index contributed by atoms with van der Waals surface area (Å²) in [5.41, 5.74) is 0. The molecule has 0 aliphatic rings. The summed E-state index contributed by atoms with van der Waals surface area (Å²) in [5, 5.41) is 0. The quantitative estimate of drug-likeness (QED) is 0.194. The monoisotopic (exact) mass is 332 g/mol. The Morgan fingerprint density at radius 3 is 1.18 bits per heavy atom. The van der Waals surface area contributed by atoms with E-state index in [1.807, 2.05) is 0 Å². The molecule has 0 aliphatic carbocycles. The lowest BCUT2D eigenvalue weighted by Gasteiger charge is -2.03. The Kier molecular flexibility index (Phi) is 18.8. The molecular formula is C18H37O3P. The van der Waals surface area contributed by atoms with Crippen LogP contribution in [0, 0.1) is 0 Å². The molecule has 4 heteroatoms. The van der Waals surface area contributed by atoms with Crippen LogP contribution < -0.4 is 0 Å². The third-order valence-corrected chi connectivity index (χ3v) is 4.59. The molecule has 0 heterocycles. The van der Waals surface area contributed by atoms with E-state index in [-0.39, 0.29) is 0 Å². The molecular weight excluding hydrogens is 295 g/mol. The van der Waals surface area contributed by atoms with Gasteiger partial charge in [0.1, 0.15) is 0 Å². The zero-order valence-electron chi connectivity index (χ0n) is 14.7. The highest BCUT2D eigenvalue weighted by molar-refractivity contribution is 7.24. The second kappa shape index (κ2) is 18.9. The van der Waals surface area contributed by atoms with Gasteiger partial charge < -0.3 is 0 Å². The molecule has 0 unspecified atom stereocenters. The zero-order chi connectivity index (χ0) is 16.3. The highest BCUT2D eigenvalue weighted by atomic mass is 31.1. The fourth-order valence-corrected chi connectivity index (χ4v) is 3.07. The molecule has 0 saturated carbocycles. The first kappa shape index (κ1) is 21.9. The Bertz CT molecular complexity index is 270. The van der Waals surface area contributed by atoms with Gasteiger partial charge in [-0.15, -0.1) is 0 Å². The summed E-state index contributed by atoms with van der Waals surface area (Å²) in [6.07, 6.45) is 21.2. The van der Waals surface area contributed by atoms with Crippen LogP contribution in [0.15, 0.2) is 0 Å². The average molecular weight is 332 g/mol. The second-order valence-corrected chi connectivity index (χ2v) is 7.07. The molecule has 0 amide bonds. The van der Waals surface area contributed by atoms with Crippen LogP contribution in [0.2, 0.25) is 0 Å². The summed E-state index contributed by atoms with van der Waals surface area (Å²) in [6.45, 7) is 2.63. The maximum Gasteiger partial charge on any atom is 0.468 e. The first-order valence-electron chi connectivity index (χ1n) is 9.54. The van der Waals surface area contributed by atoms with Crippen LogP contribution in [-0.2, 0) is 13.7 Å². The molecule has 0 radical (unpaired) electrons. The van der Waals surface area contributed by atoms with Crippen molar-refractivity contribution >= 4 is 7.91 Å². The van der Waals surface area contributed by atoms with Crippen molar-refractivity contribution in [1.82, 2.24) is 0 Å². The minimum atomic E-state index is -2.64. The van der Waals surface area contributed by atoms with Crippen molar-refractivity contribution < 1.29 is 13.7 Å². The molecule has 0 spiro atoms. The highest BCUT2D eigenvalue weighted by Gasteiger charge is 1.95. The summed E-state index contributed by atoms with van der Waals surface area (Å²) in [6, 6.07) is 0. The Morgan fingerprint density at radius 1 is 0.545 bits per heavy atom. The number of rotatable bonds is 18. The van der Waals surface area contributed by atoms with Gasteiger partial charge in [-0.2, -0.15) is 0 Å². The fraction of sp³-hybridized carbons (Fsp3) is 1.00. The summed E-state index contributed by atoms with van der Waals surface area (Å²) < 4.78 is 24.9. The molecule has 22 heavy (non-hydrogen) atoms. The van der Waals surface area contributed by atoms with E-state index in [9.17, 15) is 9.13 Å². The highest BCUT2D eigenvalue weighted by Crippen LogP contribution is 2.14. The van der Waals surface area contributed by atoms with Crippen LogP contribution in [-0.4, -0.2) is 6.61 Å². The predicted octanol–water partition coefficient (Wildman–Crippen LogP) is 7.35. The Balaban J connectivity index is 2.97. The molecule has 132 valence electrons. The molecule has 0 fully saturated rings. The van der Waals surface area contributed by atoms with Crippen molar-refractivity contribution in [2.75, 3.05) is 6.61 Å². The Labute approximate surface area is 138 Å². The normalized spacial score (nSPS) is 11.0. The lowest BCUT2D eigenvalue weighted by molar-refractivity contribution is 0.294. The first-order valence-corrected chi connectivity index (χ1v) is 10.6. The van der Waals surface area contributed by atoms with E-state index < -0.39 is 7.91 Å². The fourth-order valence-electron chi connectivity index (χ4n) is 2.79. The van der Waals surface area contributed by atoms with Crippen LogP contribution in [0.3, 0.4) is 0 Å². The maximum absolute atomic E-state index is 10.2. The van der Waals surface area contributed by atoms with Crippen LogP contribution in [0.5, 0.6) is 0 Å². The SMILES string of the molecule is CCCCCCCCCCCCCCCCCCOP(=O)=O. The van der Waals surface area contributed by atoms with Crippen molar-refractivity contribution in [2.24, 2.45) is 0 Å². The van der Waals surface area contributed by atoms with E-state index in [2.05, 4.69) is 11.4 Å². The van der Waals surface area contributed by atoms with Gasteiger partial charge in [0.15, 0.2) is 0 Å². The van der Waals surface area contributed by atoms with Crippen molar-refractivity contribution in [3.05, 3.63) is 0 Å². The summed E-state index contributed by atoms with van der Waals surface area (Å²) in [4.78, 5) is 0. The molecule has 0 saturated heterocycles. The number of hydrogen-bond donors (Lipinski definition) is 0. The van der Waals surface area contributed by atoms with Gasteiger partial charge in [-0.1, -0.05) is 103 Å². The molecule has 0 atom stereocenters. The molecule has 0 rings (SSSR count). The Hall–Kier alpha value is -0.140. The summed E-state index contributed by atoms with van der Waals surface area (Å²) in [7, 11) is -2.64. The average Bonchev–Trinajstić information content (AvgIpc) is 2.50. The largest absolute Gasteiger partial charge is 0.468 e. The van der Waals surface area contributed by atoms with Crippen molar-refractivity contribution in [3.63, 3.8) is 0 Å². The minimum Gasteiger partial charge on any atom is -0.271 e. The van der Waals surface area contributed by atoms with Crippen LogP contribution in [0.1, 0.15) is 110 Å². The van der Waals surface area contributed by atoms with Crippen LogP contribution in [0.4, 0.5) is 0 Å². The van der Waals surface area contributed by atoms with E-state index >= 15 is 0 Å². The Morgan fingerprint density at radius 2 is 0.864 bits per heavy atom. The molecule has 0 N–H and O–H groups in total. The zero-order valence-corrected chi connectivity index (χ0v) is 15.6. The number of unbranched alkanes of at least 4 members (excludes halogenated alkanes) is 15. The van der Waals surface area contributed by atoms with Gasteiger partial charge in [0.2, 0.25) is 0 Å².